The first-order chi connectivity index (χ1) is 10.2. The van der Waals surface area contributed by atoms with Gasteiger partial charge in [-0.25, -0.2) is 0 Å². The Morgan fingerprint density at radius 3 is 2.57 bits per heavy atom. The summed E-state index contributed by atoms with van der Waals surface area (Å²) in [5.41, 5.74) is 10.7. The first-order valence-electron chi connectivity index (χ1n) is 7.64. The highest BCUT2D eigenvalue weighted by molar-refractivity contribution is 5.35. The number of aryl methyl sites for hydroxylation is 1. The molecule has 1 aromatic carbocycles. The van der Waals surface area contributed by atoms with Crippen LogP contribution < -0.4 is 10.5 Å². The van der Waals surface area contributed by atoms with Crippen LogP contribution in [-0.4, -0.2) is 23.4 Å². The van der Waals surface area contributed by atoms with E-state index in [9.17, 15) is 0 Å². The lowest BCUT2D eigenvalue weighted by Gasteiger charge is -2.11. The average molecular weight is 287 g/mol. The van der Waals surface area contributed by atoms with Gasteiger partial charge in [-0.05, 0) is 37.4 Å². The molecule has 0 amide bonds. The molecule has 2 rings (SSSR count). The quantitative estimate of drug-likeness (QED) is 0.851. The minimum Gasteiger partial charge on any atom is -0.496 e. The second kappa shape index (κ2) is 7.27. The summed E-state index contributed by atoms with van der Waals surface area (Å²) in [6, 6.07) is 8.11. The molecule has 1 heterocycles. The minimum absolute atomic E-state index is 0.667. The Hall–Kier alpha value is -1.81. The van der Waals surface area contributed by atoms with Gasteiger partial charge in [-0.2, -0.15) is 5.10 Å². The van der Waals surface area contributed by atoms with Crippen molar-refractivity contribution in [3.8, 4) is 5.75 Å². The highest BCUT2D eigenvalue weighted by Crippen LogP contribution is 2.22. The lowest BCUT2D eigenvalue weighted by molar-refractivity contribution is 0.407. The van der Waals surface area contributed by atoms with Crippen molar-refractivity contribution in [2.75, 3.05) is 13.7 Å². The maximum Gasteiger partial charge on any atom is 0.123 e. The summed E-state index contributed by atoms with van der Waals surface area (Å²) in [6.45, 7) is 5.73. The largest absolute Gasteiger partial charge is 0.496 e. The molecule has 0 atom stereocenters. The Morgan fingerprint density at radius 2 is 1.95 bits per heavy atom. The van der Waals surface area contributed by atoms with Crippen molar-refractivity contribution in [1.29, 1.82) is 0 Å². The van der Waals surface area contributed by atoms with Gasteiger partial charge in [0.15, 0.2) is 0 Å². The van der Waals surface area contributed by atoms with E-state index in [1.165, 1.54) is 17.0 Å². The second-order valence-corrected chi connectivity index (χ2v) is 5.09. The van der Waals surface area contributed by atoms with Crippen molar-refractivity contribution < 1.29 is 4.74 Å². The third-order valence-corrected chi connectivity index (χ3v) is 3.83. The number of ether oxygens (including phenoxy) is 1. The van der Waals surface area contributed by atoms with Crippen molar-refractivity contribution >= 4 is 0 Å². The fraction of sp³-hybridized carbons (Fsp3) is 0.471. The fourth-order valence-corrected chi connectivity index (χ4v) is 2.83. The van der Waals surface area contributed by atoms with Crippen molar-refractivity contribution in [2.45, 2.75) is 39.7 Å². The number of hydrogen-bond acceptors (Lipinski definition) is 3. The summed E-state index contributed by atoms with van der Waals surface area (Å²) in [4.78, 5) is 0. The summed E-state index contributed by atoms with van der Waals surface area (Å²) in [7, 11) is 1.71. The van der Waals surface area contributed by atoms with Gasteiger partial charge in [0.1, 0.15) is 5.75 Å². The normalized spacial score (nSPS) is 10.9. The zero-order valence-corrected chi connectivity index (χ0v) is 13.2. The summed E-state index contributed by atoms with van der Waals surface area (Å²) in [5.74, 6) is 0.911. The van der Waals surface area contributed by atoms with Gasteiger partial charge in [0.05, 0.1) is 19.3 Å². The van der Waals surface area contributed by atoms with Gasteiger partial charge < -0.3 is 10.5 Å². The molecule has 0 aliphatic rings. The average Bonchev–Trinajstić information content (AvgIpc) is 2.85. The van der Waals surface area contributed by atoms with E-state index in [1.807, 2.05) is 18.2 Å². The Labute approximate surface area is 126 Å². The first-order valence-corrected chi connectivity index (χ1v) is 7.64. The molecule has 0 aliphatic heterocycles. The zero-order chi connectivity index (χ0) is 15.2. The number of para-hydroxylation sites is 1. The Morgan fingerprint density at radius 1 is 1.19 bits per heavy atom. The van der Waals surface area contributed by atoms with Gasteiger partial charge in [-0.1, -0.05) is 32.0 Å². The molecule has 1 aromatic heterocycles. The van der Waals surface area contributed by atoms with Crippen molar-refractivity contribution in [1.82, 2.24) is 9.78 Å². The van der Waals surface area contributed by atoms with Crippen LogP contribution in [0.4, 0.5) is 0 Å². The van der Waals surface area contributed by atoms with Gasteiger partial charge in [0.2, 0.25) is 0 Å². The number of methoxy groups -OCH3 is 1. The predicted molar refractivity (Wildman–Crippen MR) is 85.8 cm³/mol. The molecule has 4 nitrogen and oxygen atoms in total. The molecule has 4 heteroatoms. The van der Waals surface area contributed by atoms with Gasteiger partial charge in [-0.3, -0.25) is 4.68 Å². The molecule has 0 unspecified atom stereocenters. The van der Waals surface area contributed by atoms with Gasteiger partial charge in [0, 0.05) is 11.3 Å². The molecule has 0 spiro atoms. The van der Waals surface area contributed by atoms with Crippen LogP contribution in [0.15, 0.2) is 24.3 Å². The first kappa shape index (κ1) is 15.6. The van der Waals surface area contributed by atoms with E-state index < -0.39 is 0 Å². The molecule has 2 N–H and O–H groups in total. The highest BCUT2D eigenvalue weighted by Gasteiger charge is 2.15. The van der Waals surface area contributed by atoms with Crippen LogP contribution in [0.25, 0.3) is 0 Å². The number of nitrogens with zero attached hydrogens (tertiary/aromatic N) is 2. The topological polar surface area (TPSA) is 53.1 Å². The fourth-order valence-electron chi connectivity index (χ4n) is 2.83. The molecule has 0 radical (unpaired) electrons. The Kier molecular flexibility index (Phi) is 5.39. The SMILES string of the molecule is CCc1nn(Cc2ccccc2OC)c(CC)c1CCN. The summed E-state index contributed by atoms with van der Waals surface area (Å²) in [6.07, 6.45) is 2.82. The second-order valence-electron chi connectivity index (χ2n) is 5.09. The molecule has 0 saturated carbocycles. The smallest absolute Gasteiger partial charge is 0.123 e. The van der Waals surface area contributed by atoms with Crippen molar-refractivity contribution in [2.24, 2.45) is 5.73 Å². The van der Waals surface area contributed by atoms with E-state index >= 15 is 0 Å². The summed E-state index contributed by atoms with van der Waals surface area (Å²) in [5, 5.41) is 4.79. The minimum atomic E-state index is 0.667. The van der Waals surface area contributed by atoms with Crippen LogP contribution in [-0.2, 0) is 25.8 Å². The lowest BCUT2D eigenvalue weighted by Crippen LogP contribution is -2.09. The van der Waals surface area contributed by atoms with Crippen molar-refractivity contribution in [3.05, 3.63) is 46.8 Å². The molecular formula is C17H25N3O. The molecule has 0 fully saturated rings. The van der Waals surface area contributed by atoms with Gasteiger partial charge in [0.25, 0.3) is 0 Å². The van der Waals surface area contributed by atoms with Crippen LogP contribution in [0.3, 0.4) is 0 Å². The highest BCUT2D eigenvalue weighted by atomic mass is 16.5. The third-order valence-electron chi connectivity index (χ3n) is 3.83. The number of hydrogen-bond donors (Lipinski definition) is 1. The van der Waals surface area contributed by atoms with E-state index in [0.717, 1.165) is 37.1 Å². The zero-order valence-electron chi connectivity index (χ0n) is 13.2. The van der Waals surface area contributed by atoms with E-state index in [0.29, 0.717) is 6.54 Å². The molecule has 2 aromatic rings. The number of benzene rings is 1. The molecule has 0 aliphatic carbocycles. The third kappa shape index (κ3) is 3.27. The van der Waals surface area contributed by atoms with Crippen molar-refractivity contribution in [3.63, 3.8) is 0 Å². The lowest BCUT2D eigenvalue weighted by atomic mass is 10.1. The van der Waals surface area contributed by atoms with Gasteiger partial charge >= 0.3 is 0 Å². The van der Waals surface area contributed by atoms with Crippen LogP contribution >= 0.6 is 0 Å². The van der Waals surface area contributed by atoms with E-state index in [2.05, 4.69) is 24.6 Å². The molecular weight excluding hydrogens is 262 g/mol. The predicted octanol–water partition coefficient (Wildman–Crippen LogP) is 2.57. The standard InChI is InChI=1S/C17H25N3O/c1-4-15-14(10-11-18)16(5-2)20(19-15)12-13-8-6-7-9-17(13)21-3/h6-9H,4-5,10-12,18H2,1-3H3. The number of nitrogens with two attached hydrogens (primary N) is 1. The number of rotatable bonds is 7. The Balaban J connectivity index is 2.39. The molecule has 21 heavy (non-hydrogen) atoms. The maximum atomic E-state index is 5.76. The van der Waals surface area contributed by atoms with Crippen LogP contribution in [0.2, 0.25) is 0 Å². The van der Waals surface area contributed by atoms with Crippen LogP contribution in [0.5, 0.6) is 5.75 Å². The summed E-state index contributed by atoms with van der Waals surface area (Å²) < 4.78 is 7.55. The van der Waals surface area contributed by atoms with E-state index in [-0.39, 0.29) is 0 Å². The summed E-state index contributed by atoms with van der Waals surface area (Å²) >= 11 is 0. The van der Waals surface area contributed by atoms with Gasteiger partial charge in [-0.15, -0.1) is 0 Å². The monoisotopic (exact) mass is 287 g/mol. The van der Waals surface area contributed by atoms with Crippen LogP contribution in [0.1, 0.15) is 36.4 Å². The Bertz CT molecular complexity index is 590. The molecule has 0 saturated heterocycles. The maximum absolute atomic E-state index is 5.76. The molecule has 114 valence electrons. The van der Waals surface area contributed by atoms with E-state index in [4.69, 9.17) is 15.6 Å². The van der Waals surface area contributed by atoms with E-state index in [1.54, 1.807) is 7.11 Å². The van der Waals surface area contributed by atoms with Crippen LogP contribution in [0, 0.1) is 0 Å². The number of aromatic nitrogens is 2. The molecule has 0 bridgehead atoms.